The number of rotatable bonds is 9. The Morgan fingerprint density at radius 3 is 2.71 bits per heavy atom. The van der Waals surface area contributed by atoms with Crippen LogP contribution in [-0.2, 0) is 23.7 Å². The number of alkyl halides is 2. The van der Waals surface area contributed by atoms with Crippen LogP contribution >= 0.6 is 0 Å². The molecule has 35 heavy (non-hydrogen) atoms. The van der Waals surface area contributed by atoms with Gasteiger partial charge >= 0.3 is 5.92 Å². The van der Waals surface area contributed by atoms with Crippen molar-refractivity contribution in [3.63, 3.8) is 0 Å². The van der Waals surface area contributed by atoms with E-state index in [0.29, 0.717) is 11.3 Å². The Kier molecular flexibility index (Phi) is 6.91. The second-order valence-corrected chi connectivity index (χ2v) is 7.23. The summed E-state index contributed by atoms with van der Waals surface area (Å²) in [6.07, 6.45) is 8.34. The Morgan fingerprint density at radius 1 is 1.14 bits per heavy atom. The summed E-state index contributed by atoms with van der Waals surface area (Å²) in [7, 11) is 0. The second-order valence-electron chi connectivity index (χ2n) is 7.23. The van der Waals surface area contributed by atoms with E-state index in [-0.39, 0.29) is 30.0 Å². The molecule has 4 rings (SSSR count). The normalized spacial score (nSPS) is 11.0. The lowest BCUT2D eigenvalue weighted by molar-refractivity contribution is -0.120. The van der Waals surface area contributed by atoms with E-state index in [0.717, 1.165) is 0 Å². The number of carbonyl (C=O) groups is 1. The van der Waals surface area contributed by atoms with Crippen molar-refractivity contribution >= 4 is 11.7 Å². The van der Waals surface area contributed by atoms with E-state index in [1.54, 1.807) is 23.1 Å². The highest BCUT2D eigenvalue weighted by atomic mass is 19.3. The molecule has 0 unspecified atom stereocenters. The number of carbonyl (C=O) groups excluding carboxylic acids is 1. The summed E-state index contributed by atoms with van der Waals surface area (Å²) in [5, 5.41) is 18.7. The van der Waals surface area contributed by atoms with Crippen molar-refractivity contribution in [2.24, 2.45) is 0 Å². The average Bonchev–Trinajstić information content (AvgIpc) is 3.42. The van der Waals surface area contributed by atoms with Crippen LogP contribution in [0.1, 0.15) is 22.6 Å². The molecule has 1 amide bonds. The number of halogens is 2. The van der Waals surface area contributed by atoms with Crippen LogP contribution in [0.5, 0.6) is 0 Å². The van der Waals surface area contributed by atoms with Crippen LogP contribution in [-0.4, -0.2) is 47.2 Å². The number of nitriles is 1. The zero-order valence-electron chi connectivity index (χ0n) is 18.1. The van der Waals surface area contributed by atoms with Crippen molar-refractivity contribution < 1.29 is 13.6 Å². The molecule has 0 atom stereocenters. The number of hydrogen-bond donors (Lipinski definition) is 2. The molecular weight excluding hydrogens is 458 g/mol. The van der Waals surface area contributed by atoms with E-state index in [9.17, 15) is 18.8 Å². The number of hydrogen-bond acceptors (Lipinski definition) is 9. The summed E-state index contributed by atoms with van der Waals surface area (Å²) in [5.41, 5.74) is 1.70. The van der Waals surface area contributed by atoms with Gasteiger partial charge in [0.05, 0.1) is 29.9 Å². The molecule has 13 heteroatoms. The zero-order chi connectivity index (χ0) is 24.7. The van der Waals surface area contributed by atoms with E-state index in [1.807, 2.05) is 6.07 Å². The molecule has 4 heterocycles. The Balaban J connectivity index is 1.41. The summed E-state index contributed by atoms with van der Waals surface area (Å²) in [6.45, 7) is -0.668. The first-order chi connectivity index (χ1) is 17.0. The smallest absolute Gasteiger partial charge is 0.323 e. The first kappa shape index (κ1) is 23.3. The first-order valence-electron chi connectivity index (χ1n) is 10.3. The zero-order valence-corrected chi connectivity index (χ0v) is 18.1. The lowest BCUT2D eigenvalue weighted by Crippen LogP contribution is -2.28. The molecule has 176 valence electrons. The van der Waals surface area contributed by atoms with Gasteiger partial charge in [0.15, 0.2) is 0 Å². The fraction of sp³-hybridized carbons (Fsp3) is 0.182. The Labute approximate surface area is 197 Å². The van der Waals surface area contributed by atoms with Crippen LogP contribution in [0.25, 0.3) is 5.69 Å². The number of aromatic nitrogens is 7. The van der Waals surface area contributed by atoms with E-state index in [2.05, 4.69) is 40.7 Å². The molecule has 4 aromatic rings. The van der Waals surface area contributed by atoms with E-state index < -0.39 is 24.2 Å². The van der Waals surface area contributed by atoms with Crippen molar-refractivity contribution in [3.05, 3.63) is 84.4 Å². The largest absolute Gasteiger partial charge is 0.363 e. The van der Waals surface area contributed by atoms with Crippen molar-refractivity contribution in [2.75, 3.05) is 11.9 Å². The number of anilines is 1. The van der Waals surface area contributed by atoms with Crippen LogP contribution in [0.4, 0.5) is 14.6 Å². The van der Waals surface area contributed by atoms with Crippen LogP contribution < -0.4 is 10.6 Å². The monoisotopic (exact) mass is 476 g/mol. The molecule has 0 saturated heterocycles. The number of amides is 1. The Bertz CT molecular complexity index is 1340. The summed E-state index contributed by atoms with van der Waals surface area (Å²) >= 11 is 0. The molecule has 0 saturated carbocycles. The van der Waals surface area contributed by atoms with Crippen LogP contribution in [0.15, 0.2) is 61.7 Å². The average molecular weight is 476 g/mol. The lowest BCUT2D eigenvalue weighted by atomic mass is 10.1. The van der Waals surface area contributed by atoms with E-state index in [1.165, 1.54) is 43.2 Å². The van der Waals surface area contributed by atoms with Gasteiger partial charge in [-0.15, -0.1) is 0 Å². The maximum Gasteiger partial charge on any atom is 0.323 e. The number of pyridine rings is 2. The predicted octanol–water partition coefficient (Wildman–Crippen LogP) is 1.78. The van der Waals surface area contributed by atoms with Gasteiger partial charge in [-0.1, -0.05) is 0 Å². The van der Waals surface area contributed by atoms with Crippen LogP contribution in [0, 0.1) is 11.3 Å². The van der Waals surface area contributed by atoms with Gasteiger partial charge in [-0.05, 0) is 24.3 Å². The predicted molar refractivity (Wildman–Crippen MR) is 118 cm³/mol. The van der Waals surface area contributed by atoms with Crippen molar-refractivity contribution in [3.8, 4) is 11.8 Å². The summed E-state index contributed by atoms with van der Waals surface area (Å²) in [4.78, 5) is 31.9. The van der Waals surface area contributed by atoms with Crippen LogP contribution in [0.2, 0.25) is 0 Å². The van der Waals surface area contributed by atoms with E-state index in [4.69, 9.17) is 0 Å². The first-order valence-corrected chi connectivity index (χ1v) is 10.3. The third-order valence-corrected chi connectivity index (χ3v) is 4.83. The molecule has 0 aliphatic rings. The fourth-order valence-electron chi connectivity index (χ4n) is 3.13. The molecular formula is C22H18F2N10O. The van der Waals surface area contributed by atoms with E-state index >= 15 is 0 Å². The van der Waals surface area contributed by atoms with Gasteiger partial charge in [-0.3, -0.25) is 9.78 Å². The Morgan fingerprint density at radius 2 is 1.97 bits per heavy atom. The molecule has 0 spiro atoms. The Hall–Kier alpha value is -4.86. The van der Waals surface area contributed by atoms with Gasteiger partial charge in [0.2, 0.25) is 11.7 Å². The van der Waals surface area contributed by atoms with Crippen LogP contribution in [0.3, 0.4) is 0 Å². The van der Waals surface area contributed by atoms with Gasteiger partial charge in [-0.2, -0.15) is 19.1 Å². The third kappa shape index (κ3) is 5.74. The highest BCUT2D eigenvalue weighted by Gasteiger charge is 2.34. The molecule has 11 nitrogen and oxygen atoms in total. The standard InChI is InChI=1S/C22H18F2N10O/c23-22(24,21-28-5-1-6-29-21)12-31-19-3-2-15(9-25)17(33-19)8-20(35)30-11-16-10-26-7-4-18(16)34-14-27-13-32-34/h1-7,10,13-14H,8,11-12H2,(H,30,35)(H,31,33). The maximum atomic E-state index is 14.3. The molecule has 2 N–H and O–H groups in total. The highest BCUT2D eigenvalue weighted by molar-refractivity contribution is 5.79. The summed E-state index contributed by atoms with van der Waals surface area (Å²) in [5.74, 6) is -4.30. The van der Waals surface area contributed by atoms with Gasteiger partial charge in [0, 0.05) is 36.9 Å². The minimum atomic E-state index is -3.35. The molecule has 0 aliphatic heterocycles. The molecule has 4 aromatic heterocycles. The minimum Gasteiger partial charge on any atom is -0.363 e. The van der Waals surface area contributed by atoms with Crippen molar-refractivity contribution in [1.82, 2.24) is 40.0 Å². The quantitative estimate of drug-likeness (QED) is 0.369. The van der Waals surface area contributed by atoms with Gasteiger partial charge < -0.3 is 10.6 Å². The topological polar surface area (TPSA) is 147 Å². The number of nitrogens with zero attached hydrogens (tertiary/aromatic N) is 8. The molecule has 0 radical (unpaired) electrons. The van der Waals surface area contributed by atoms with Crippen molar-refractivity contribution in [1.29, 1.82) is 5.26 Å². The summed E-state index contributed by atoms with van der Waals surface area (Å²) < 4.78 is 30.2. The van der Waals surface area contributed by atoms with Gasteiger partial charge in [0.25, 0.3) is 0 Å². The van der Waals surface area contributed by atoms with Gasteiger partial charge in [0.1, 0.15) is 24.5 Å². The molecule has 0 bridgehead atoms. The fourth-order valence-corrected chi connectivity index (χ4v) is 3.13. The molecule has 0 aromatic carbocycles. The SMILES string of the molecule is N#Cc1ccc(NCC(F)(F)c2ncccn2)nc1CC(=O)NCc1cnccc1-n1cncn1. The summed E-state index contributed by atoms with van der Waals surface area (Å²) in [6, 6.07) is 7.94. The van der Waals surface area contributed by atoms with Gasteiger partial charge in [-0.25, -0.2) is 24.6 Å². The number of nitrogens with one attached hydrogen (secondary N) is 2. The second kappa shape index (κ2) is 10.4. The highest BCUT2D eigenvalue weighted by Crippen LogP contribution is 2.24. The maximum absolute atomic E-state index is 14.3. The lowest BCUT2D eigenvalue weighted by Gasteiger charge is -2.16. The minimum absolute atomic E-state index is 0.0862. The molecule has 0 fully saturated rings. The molecule has 0 aliphatic carbocycles. The van der Waals surface area contributed by atoms with Crippen molar-refractivity contribution in [2.45, 2.75) is 18.9 Å². The third-order valence-electron chi connectivity index (χ3n) is 4.83.